The molecule has 3 nitrogen and oxygen atoms in total. The van der Waals surface area contributed by atoms with Gasteiger partial charge in [-0.3, -0.25) is 0 Å². The SMILES string of the molecule is Cc1cnc(N)c(C#CCCO)c1. The Morgan fingerprint density at radius 1 is 1.62 bits per heavy atom. The molecule has 1 heterocycles. The molecule has 0 bridgehead atoms. The lowest BCUT2D eigenvalue weighted by Crippen LogP contribution is -1.94. The zero-order chi connectivity index (χ0) is 9.68. The number of hydrogen-bond acceptors (Lipinski definition) is 3. The fourth-order valence-corrected chi connectivity index (χ4v) is 0.894. The first-order valence-corrected chi connectivity index (χ1v) is 4.06. The van der Waals surface area contributed by atoms with Gasteiger partial charge in [0.15, 0.2) is 0 Å². The number of nitrogen functional groups attached to an aromatic ring is 1. The van der Waals surface area contributed by atoms with Crippen molar-refractivity contribution in [3.8, 4) is 11.8 Å². The smallest absolute Gasteiger partial charge is 0.139 e. The van der Waals surface area contributed by atoms with E-state index in [4.69, 9.17) is 10.8 Å². The molecular weight excluding hydrogens is 164 g/mol. The van der Waals surface area contributed by atoms with Crippen molar-refractivity contribution in [1.82, 2.24) is 4.98 Å². The predicted octanol–water partition coefficient (Wildman–Crippen LogP) is 0.706. The van der Waals surface area contributed by atoms with Gasteiger partial charge in [0.1, 0.15) is 5.82 Å². The van der Waals surface area contributed by atoms with Crippen LogP contribution in [0.25, 0.3) is 0 Å². The van der Waals surface area contributed by atoms with Crippen molar-refractivity contribution < 1.29 is 5.11 Å². The molecule has 3 heteroatoms. The number of hydrogen-bond donors (Lipinski definition) is 2. The molecule has 1 aromatic rings. The topological polar surface area (TPSA) is 59.1 Å². The van der Waals surface area contributed by atoms with Crippen LogP contribution in [0, 0.1) is 18.8 Å². The summed E-state index contributed by atoms with van der Waals surface area (Å²) in [5.41, 5.74) is 7.36. The highest BCUT2D eigenvalue weighted by molar-refractivity contribution is 5.51. The number of anilines is 1. The molecule has 0 aliphatic carbocycles. The average molecular weight is 176 g/mol. The predicted molar refractivity (Wildman–Crippen MR) is 52.0 cm³/mol. The number of nitrogens with zero attached hydrogens (tertiary/aromatic N) is 1. The zero-order valence-electron chi connectivity index (χ0n) is 7.54. The van der Waals surface area contributed by atoms with Crippen LogP contribution in [0.5, 0.6) is 0 Å². The van der Waals surface area contributed by atoms with Crippen LogP contribution in [0.15, 0.2) is 12.3 Å². The normalized spacial score (nSPS) is 9.08. The molecule has 0 radical (unpaired) electrons. The van der Waals surface area contributed by atoms with Gasteiger partial charge in [-0.1, -0.05) is 11.8 Å². The molecule has 0 amide bonds. The van der Waals surface area contributed by atoms with Crippen LogP contribution in [0.2, 0.25) is 0 Å². The summed E-state index contributed by atoms with van der Waals surface area (Å²) < 4.78 is 0. The van der Waals surface area contributed by atoms with E-state index in [1.165, 1.54) is 0 Å². The Balaban J connectivity index is 2.89. The van der Waals surface area contributed by atoms with E-state index in [-0.39, 0.29) is 6.61 Å². The highest BCUT2D eigenvalue weighted by atomic mass is 16.2. The molecular formula is C10H12N2O. The first kappa shape index (κ1) is 9.56. The maximum atomic E-state index is 8.52. The van der Waals surface area contributed by atoms with Gasteiger partial charge in [0.05, 0.1) is 12.2 Å². The average Bonchev–Trinajstić information content (AvgIpc) is 2.11. The van der Waals surface area contributed by atoms with Crippen molar-refractivity contribution in [3.05, 3.63) is 23.4 Å². The molecule has 68 valence electrons. The summed E-state index contributed by atoms with van der Waals surface area (Å²) in [6, 6.07) is 1.88. The Morgan fingerprint density at radius 3 is 3.08 bits per heavy atom. The van der Waals surface area contributed by atoms with Crippen LogP contribution in [-0.2, 0) is 0 Å². The molecule has 1 rings (SSSR count). The van der Waals surface area contributed by atoms with Gasteiger partial charge in [0.2, 0.25) is 0 Å². The van der Waals surface area contributed by atoms with Gasteiger partial charge in [-0.25, -0.2) is 4.98 Å². The van der Waals surface area contributed by atoms with Crippen molar-refractivity contribution in [2.24, 2.45) is 0 Å². The molecule has 0 aliphatic heterocycles. The first-order chi connectivity index (χ1) is 6.24. The number of aliphatic hydroxyl groups excluding tert-OH is 1. The third-order valence-corrected chi connectivity index (χ3v) is 1.52. The number of nitrogens with two attached hydrogens (primary N) is 1. The first-order valence-electron chi connectivity index (χ1n) is 4.06. The highest BCUT2D eigenvalue weighted by Crippen LogP contribution is 2.07. The standard InChI is InChI=1S/C10H12N2O/c1-8-6-9(4-2-3-5-13)10(11)12-7-8/h6-7,13H,3,5H2,1H3,(H2,11,12). The highest BCUT2D eigenvalue weighted by Gasteiger charge is 1.95. The minimum absolute atomic E-state index is 0.0755. The Kier molecular flexibility index (Phi) is 3.30. The second kappa shape index (κ2) is 4.48. The van der Waals surface area contributed by atoms with Crippen LogP contribution in [0.1, 0.15) is 17.5 Å². The van der Waals surface area contributed by atoms with E-state index >= 15 is 0 Å². The minimum Gasteiger partial charge on any atom is -0.395 e. The van der Waals surface area contributed by atoms with Gasteiger partial charge in [-0.15, -0.1) is 0 Å². The molecule has 0 aliphatic rings. The molecule has 1 aromatic heterocycles. The molecule has 0 saturated carbocycles. The van der Waals surface area contributed by atoms with E-state index in [1.54, 1.807) is 6.20 Å². The Hall–Kier alpha value is -1.53. The maximum Gasteiger partial charge on any atom is 0.139 e. The van der Waals surface area contributed by atoms with Gasteiger partial charge in [0.25, 0.3) is 0 Å². The van der Waals surface area contributed by atoms with E-state index in [0.717, 1.165) is 11.1 Å². The largest absolute Gasteiger partial charge is 0.395 e. The summed E-state index contributed by atoms with van der Waals surface area (Å²) in [6.45, 7) is 2.01. The van der Waals surface area contributed by atoms with Gasteiger partial charge >= 0.3 is 0 Å². The quantitative estimate of drug-likeness (QED) is 0.619. The van der Waals surface area contributed by atoms with Crippen LogP contribution >= 0.6 is 0 Å². The maximum absolute atomic E-state index is 8.52. The van der Waals surface area contributed by atoms with Crippen molar-refractivity contribution in [1.29, 1.82) is 0 Å². The summed E-state index contributed by atoms with van der Waals surface area (Å²) >= 11 is 0. The van der Waals surface area contributed by atoms with E-state index in [9.17, 15) is 0 Å². The van der Waals surface area contributed by atoms with Crippen molar-refractivity contribution in [2.75, 3.05) is 12.3 Å². The van der Waals surface area contributed by atoms with Crippen molar-refractivity contribution >= 4 is 5.82 Å². The number of aryl methyl sites for hydroxylation is 1. The molecule has 0 unspecified atom stereocenters. The monoisotopic (exact) mass is 176 g/mol. The van der Waals surface area contributed by atoms with E-state index in [2.05, 4.69) is 16.8 Å². The third-order valence-electron chi connectivity index (χ3n) is 1.52. The fraction of sp³-hybridized carbons (Fsp3) is 0.300. The van der Waals surface area contributed by atoms with E-state index < -0.39 is 0 Å². The van der Waals surface area contributed by atoms with Crippen molar-refractivity contribution in [3.63, 3.8) is 0 Å². The Bertz CT molecular complexity index is 350. The van der Waals surface area contributed by atoms with Crippen LogP contribution in [-0.4, -0.2) is 16.7 Å². The summed E-state index contributed by atoms with van der Waals surface area (Å²) in [5.74, 6) is 6.10. The second-order valence-corrected chi connectivity index (χ2v) is 2.72. The Labute approximate surface area is 77.6 Å². The van der Waals surface area contributed by atoms with E-state index in [0.29, 0.717) is 12.2 Å². The van der Waals surface area contributed by atoms with Crippen LogP contribution < -0.4 is 5.73 Å². The minimum atomic E-state index is 0.0755. The molecule has 0 saturated heterocycles. The van der Waals surface area contributed by atoms with Gasteiger partial charge in [-0.2, -0.15) is 0 Å². The van der Waals surface area contributed by atoms with Crippen LogP contribution in [0.4, 0.5) is 5.82 Å². The molecule has 13 heavy (non-hydrogen) atoms. The lowest BCUT2D eigenvalue weighted by atomic mass is 10.2. The number of aromatic nitrogens is 1. The summed E-state index contributed by atoms with van der Waals surface area (Å²) in [7, 11) is 0. The summed E-state index contributed by atoms with van der Waals surface area (Å²) in [6.07, 6.45) is 2.17. The van der Waals surface area contributed by atoms with E-state index in [1.807, 2.05) is 13.0 Å². The number of aliphatic hydroxyl groups is 1. The number of pyridine rings is 1. The summed E-state index contributed by atoms with van der Waals surface area (Å²) in [4.78, 5) is 3.97. The fourth-order valence-electron chi connectivity index (χ4n) is 0.894. The van der Waals surface area contributed by atoms with Gasteiger partial charge < -0.3 is 10.8 Å². The molecule has 0 atom stereocenters. The molecule has 0 fully saturated rings. The van der Waals surface area contributed by atoms with Crippen LogP contribution in [0.3, 0.4) is 0 Å². The molecule has 0 spiro atoms. The summed E-state index contributed by atoms with van der Waals surface area (Å²) in [5, 5.41) is 8.52. The zero-order valence-corrected chi connectivity index (χ0v) is 7.54. The van der Waals surface area contributed by atoms with Crippen molar-refractivity contribution in [2.45, 2.75) is 13.3 Å². The lowest BCUT2D eigenvalue weighted by molar-refractivity contribution is 0.305. The number of rotatable bonds is 1. The lowest BCUT2D eigenvalue weighted by Gasteiger charge is -1.97. The third kappa shape index (κ3) is 2.77. The van der Waals surface area contributed by atoms with Gasteiger partial charge in [-0.05, 0) is 18.6 Å². The second-order valence-electron chi connectivity index (χ2n) is 2.72. The molecule has 3 N–H and O–H groups in total. The Morgan fingerprint density at radius 2 is 2.38 bits per heavy atom. The van der Waals surface area contributed by atoms with Gasteiger partial charge in [0, 0.05) is 12.6 Å². The molecule has 0 aromatic carbocycles.